The fourth-order valence-corrected chi connectivity index (χ4v) is 2.91. The number of nitrogen functional groups attached to an aromatic ring is 1. The minimum Gasteiger partial charge on any atom is -0.503 e. The predicted molar refractivity (Wildman–Crippen MR) is 73.3 cm³/mol. The van der Waals surface area contributed by atoms with E-state index in [1.54, 1.807) is 0 Å². The lowest BCUT2D eigenvalue weighted by Crippen LogP contribution is -2.44. The summed E-state index contributed by atoms with van der Waals surface area (Å²) in [6.45, 7) is 3.19. The predicted octanol–water partition coefficient (Wildman–Crippen LogP) is 2.44. The fraction of sp³-hybridized carbons (Fsp3) is 0.571. The van der Waals surface area contributed by atoms with Gasteiger partial charge in [0, 0.05) is 23.2 Å². The number of nitrogens with two attached hydrogens (primary N) is 1. The molecule has 1 aromatic rings. The van der Waals surface area contributed by atoms with E-state index in [0.29, 0.717) is 5.75 Å². The molecule has 94 valence electrons. The van der Waals surface area contributed by atoms with Crippen molar-refractivity contribution in [2.45, 2.75) is 32.6 Å². The Hall–Kier alpha value is -1.22. The number of phenols is 1. The number of aromatic hydroxyl groups is 1. The van der Waals surface area contributed by atoms with Gasteiger partial charge in [-0.05, 0) is 18.9 Å². The van der Waals surface area contributed by atoms with E-state index in [1.807, 2.05) is 6.07 Å². The summed E-state index contributed by atoms with van der Waals surface area (Å²) in [6, 6.07) is 1.96. The van der Waals surface area contributed by atoms with Crippen molar-refractivity contribution in [3.8, 4) is 5.75 Å². The van der Waals surface area contributed by atoms with Gasteiger partial charge in [0.2, 0.25) is 0 Å². The van der Waals surface area contributed by atoms with Gasteiger partial charge in [-0.1, -0.05) is 13.3 Å². The Balaban J connectivity index is 2.63. The van der Waals surface area contributed by atoms with Crippen molar-refractivity contribution in [2.75, 3.05) is 26.4 Å². The van der Waals surface area contributed by atoms with Crippen molar-refractivity contribution in [1.29, 1.82) is 0 Å². The van der Waals surface area contributed by atoms with Gasteiger partial charge in [0.25, 0.3) is 0 Å². The molecule has 1 aliphatic rings. The molecule has 17 heavy (non-hydrogen) atoms. The zero-order chi connectivity index (χ0) is 12.6. The lowest BCUT2D eigenvalue weighted by molar-refractivity contribution is 0.348. The van der Waals surface area contributed by atoms with Crippen LogP contribution >= 0.6 is 0 Å². The highest BCUT2D eigenvalue weighted by Crippen LogP contribution is 2.44. The minimum atomic E-state index is 0.473. The summed E-state index contributed by atoms with van der Waals surface area (Å²) in [6.07, 6.45) is 4.04. The van der Waals surface area contributed by atoms with Crippen molar-refractivity contribution < 1.29 is 5.11 Å². The largest absolute Gasteiger partial charge is 0.503 e. The molecule has 1 aliphatic heterocycles. The molecule has 0 amide bonds. The average molecular weight is 235 g/mol. The average Bonchev–Trinajstić information content (AvgIpc) is 2.24. The third-order valence-corrected chi connectivity index (χ3v) is 3.76. The van der Waals surface area contributed by atoms with Crippen LogP contribution in [0.1, 0.15) is 30.9 Å². The first-order chi connectivity index (χ1) is 7.97. The molecule has 0 unspecified atom stereocenters. The van der Waals surface area contributed by atoms with E-state index in [1.165, 1.54) is 0 Å². The quantitative estimate of drug-likeness (QED) is 0.470. The molecule has 0 aromatic heterocycles. The molecular weight excluding hydrogens is 212 g/mol. The number of benzene rings is 1. The first-order valence-electron chi connectivity index (χ1n) is 6.44. The number of nitrogens with zero attached hydrogens (tertiary/aromatic N) is 1. The number of hydrogen-bond donors (Lipinski definition) is 2. The number of hydrogen-bond acceptors (Lipinski definition) is 2. The molecule has 0 saturated heterocycles. The van der Waals surface area contributed by atoms with Crippen LogP contribution in [0.3, 0.4) is 0 Å². The topological polar surface area (TPSA) is 46.2 Å². The van der Waals surface area contributed by atoms with Crippen LogP contribution < -0.4 is 10.2 Å². The van der Waals surface area contributed by atoms with Crippen LogP contribution in [0.15, 0.2) is 6.07 Å². The van der Waals surface area contributed by atoms with Gasteiger partial charge in [-0.15, -0.1) is 0 Å². The van der Waals surface area contributed by atoms with Gasteiger partial charge in [-0.3, -0.25) is 4.48 Å². The maximum Gasteiger partial charge on any atom is 0.180 e. The summed E-state index contributed by atoms with van der Waals surface area (Å²) in [5, 5.41) is 10.5. The molecule has 3 N–H and O–H groups in total. The first-order valence-corrected chi connectivity index (χ1v) is 6.44. The monoisotopic (exact) mass is 235 g/mol. The van der Waals surface area contributed by atoms with Gasteiger partial charge in [0.15, 0.2) is 11.4 Å². The minimum absolute atomic E-state index is 0.473. The van der Waals surface area contributed by atoms with Crippen LogP contribution in [0.5, 0.6) is 5.75 Å². The molecule has 0 saturated carbocycles. The number of aryl methyl sites for hydroxylation is 1. The van der Waals surface area contributed by atoms with E-state index in [4.69, 9.17) is 5.73 Å². The highest BCUT2D eigenvalue weighted by Gasteiger charge is 2.33. The molecule has 1 heterocycles. The highest BCUT2D eigenvalue weighted by atomic mass is 16.3. The SMILES string of the molecule is CCCc1cc(N)c2c(c1O)[N+](C)(C)CCC2. The smallest absolute Gasteiger partial charge is 0.180 e. The molecule has 1 aromatic carbocycles. The molecule has 0 atom stereocenters. The Morgan fingerprint density at radius 2 is 2.12 bits per heavy atom. The van der Waals surface area contributed by atoms with Crippen LogP contribution in [-0.4, -0.2) is 25.7 Å². The Kier molecular flexibility index (Phi) is 3.04. The summed E-state index contributed by atoms with van der Waals surface area (Å²) in [5.74, 6) is 0.473. The Morgan fingerprint density at radius 3 is 2.76 bits per heavy atom. The zero-order valence-electron chi connectivity index (χ0n) is 11.1. The number of anilines is 1. The van der Waals surface area contributed by atoms with Gasteiger partial charge in [0.1, 0.15) is 0 Å². The van der Waals surface area contributed by atoms with E-state index >= 15 is 0 Å². The second-order valence-electron chi connectivity index (χ2n) is 5.56. The van der Waals surface area contributed by atoms with E-state index in [2.05, 4.69) is 21.0 Å². The number of fused-ring (bicyclic) bond motifs is 1. The van der Waals surface area contributed by atoms with E-state index in [9.17, 15) is 5.11 Å². The Labute approximate surface area is 103 Å². The van der Waals surface area contributed by atoms with Crippen LogP contribution in [0.4, 0.5) is 11.4 Å². The van der Waals surface area contributed by atoms with Crippen molar-refractivity contribution in [2.24, 2.45) is 0 Å². The van der Waals surface area contributed by atoms with Gasteiger partial charge >= 0.3 is 0 Å². The standard InChI is InChI=1S/C14H22N2O/c1-4-6-10-9-12(15)11-7-5-8-16(2,3)13(11)14(10)17/h9H,4-8,15H2,1-3H3/p+1. The number of quaternary nitrogens is 1. The van der Waals surface area contributed by atoms with Crippen molar-refractivity contribution in [1.82, 2.24) is 4.48 Å². The Morgan fingerprint density at radius 1 is 1.41 bits per heavy atom. The molecule has 3 nitrogen and oxygen atoms in total. The van der Waals surface area contributed by atoms with Crippen LogP contribution in [0, 0.1) is 0 Å². The lowest BCUT2D eigenvalue weighted by atomic mass is 9.94. The molecule has 0 bridgehead atoms. The maximum absolute atomic E-state index is 10.5. The van der Waals surface area contributed by atoms with Crippen LogP contribution in [0.25, 0.3) is 0 Å². The van der Waals surface area contributed by atoms with E-state index in [-0.39, 0.29) is 0 Å². The van der Waals surface area contributed by atoms with E-state index in [0.717, 1.165) is 59.2 Å². The summed E-state index contributed by atoms with van der Waals surface area (Å²) in [4.78, 5) is 0. The normalized spacial score (nSPS) is 17.8. The van der Waals surface area contributed by atoms with Crippen molar-refractivity contribution in [3.63, 3.8) is 0 Å². The molecule has 0 radical (unpaired) electrons. The number of phenolic OH excluding ortho intramolecular Hbond substituents is 1. The lowest BCUT2D eigenvalue weighted by Gasteiger charge is -2.36. The second-order valence-corrected chi connectivity index (χ2v) is 5.56. The third kappa shape index (κ3) is 2.00. The van der Waals surface area contributed by atoms with Gasteiger partial charge in [-0.2, -0.15) is 0 Å². The highest BCUT2D eigenvalue weighted by molar-refractivity contribution is 5.73. The van der Waals surface area contributed by atoms with Crippen molar-refractivity contribution in [3.05, 3.63) is 17.2 Å². The van der Waals surface area contributed by atoms with Crippen LogP contribution in [0.2, 0.25) is 0 Å². The molecule has 0 spiro atoms. The second kappa shape index (κ2) is 4.22. The molecular formula is C14H23N2O+. The van der Waals surface area contributed by atoms with Crippen molar-refractivity contribution >= 4 is 11.4 Å². The third-order valence-electron chi connectivity index (χ3n) is 3.76. The van der Waals surface area contributed by atoms with Gasteiger partial charge in [-0.25, -0.2) is 0 Å². The molecule has 3 heteroatoms. The Bertz CT molecular complexity index is 438. The molecule has 0 aliphatic carbocycles. The first kappa shape index (κ1) is 12.2. The van der Waals surface area contributed by atoms with Gasteiger partial charge < -0.3 is 10.8 Å². The zero-order valence-corrected chi connectivity index (χ0v) is 11.1. The summed E-state index contributed by atoms with van der Waals surface area (Å²) < 4.78 is 0.739. The summed E-state index contributed by atoms with van der Waals surface area (Å²) >= 11 is 0. The number of rotatable bonds is 2. The van der Waals surface area contributed by atoms with Crippen LogP contribution in [-0.2, 0) is 12.8 Å². The van der Waals surface area contributed by atoms with Gasteiger partial charge in [0.05, 0.1) is 20.6 Å². The summed E-state index contributed by atoms with van der Waals surface area (Å²) in [7, 11) is 4.29. The molecule has 0 fully saturated rings. The fourth-order valence-electron chi connectivity index (χ4n) is 2.91. The molecule has 2 rings (SSSR count). The van der Waals surface area contributed by atoms with E-state index < -0.39 is 0 Å². The summed E-state index contributed by atoms with van der Waals surface area (Å²) in [5.41, 5.74) is 10.2. The maximum atomic E-state index is 10.5.